The zero-order chi connectivity index (χ0) is 15.6. The SMILES string of the molecule is CC(C)(C)S.NC1(c2ccc(Br)cc2[N+](=O)[O-])COC1. The predicted molar refractivity (Wildman–Crippen MR) is 86.2 cm³/mol. The van der Waals surface area contributed by atoms with E-state index in [0.717, 1.165) is 0 Å². The Morgan fingerprint density at radius 2 is 1.95 bits per heavy atom. The molecule has 2 rings (SSSR count). The fourth-order valence-corrected chi connectivity index (χ4v) is 1.90. The first-order valence-corrected chi connectivity index (χ1v) is 7.30. The molecule has 112 valence electrons. The fourth-order valence-electron chi connectivity index (χ4n) is 1.55. The van der Waals surface area contributed by atoms with Crippen LogP contribution in [0.25, 0.3) is 0 Å². The molecule has 1 aromatic rings. The summed E-state index contributed by atoms with van der Waals surface area (Å²) < 4.78 is 5.86. The molecule has 0 aromatic heterocycles. The molecule has 2 N–H and O–H groups in total. The van der Waals surface area contributed by atoms with Crippen LogP contribution in [0, 0.1) is 10.1 Å². The van der Waals surface area contributed by atoms with Gasteiger partial charge in [0.2, 0.25) is 0 Å². The highest BCUT2D eigenvalue weighted by atomic mass is 79.9. The van der Waals surface area contributed by atoms with Crippen molar-refractivity contribution in [1.29, 1.82) is 0 Å². The smallest absolute Gasteiger partial charge is 0.275 e. The molecule has 1 aromatic carbocycles. The van der Waals surface area contributed by atoms with Crippen molar-refractivity contribution in [2.75, 3.05) is 13.2 Å². The Labute approximate surface area is 132 Å². The molecule has 0 saturated carbocycles. The van der Waals surface area contributed by atoms with E-state index in [2.05, 4.69) is 49.3 Å². The van der Waals surface area contributed by atoms with Gasteiger partial charge in [0.05, 0.1) is 29.2 Å². The Morgan fingerprint density at radius 3 is 2.30 bits per heavy atom. The number of ether oxygens (including phenoxy) is 1. The maximum atomic E-state index is 10.8. The van der Waals surface area contributed by atoms with Gasteiger partial charge >= 0.3 is 0 Å². The van der Waals surface area contributed by atoms with Crippen molar-refractivity contribution in [2.45, 2.75) is 31.1 Å². The van der Waals surface area contributed by atoms with Crippen LogP contribution in [0.4, 0.5) is 5.69 Å². The van der Waals surface area contributed by atoms with Crippen molar-refractivity contribution in [3.05, 3.63) is 38.3 Å². The average Bonchev–Trinajstić information content (AvgIpc) is 2.23. The summed E-state index contributed by atoms with van der Waals surface area (Å²) >= 11 is 7.32. The Kier molecular flexibility index (Phi) is 5.60. The molecule has 0 unspecified atom stereocenters. The monoisotopic (exact) mass is 362 g/mol. The van der Waals surface area contributed by atoms with E-state index in [1.807, 2.05) is 0 Å². The molecule has 0 atom stereocenters. The number of nitrogens with two attached hydrogens (primary N) is 1. The summed E-state index contributed by atoms with van der Waals surface area (Å²) in [6.45, 7) is 6.81. The highest BCUT2D eigenvalue weighted by Gasteiger charge is 2.40. The van der Waals surface area contributed by atoms with E-state index in [0.29, 0.717) is 23.2 Å². The van der Waals surface area contributed by atoms with Crippen molar-refractivity contribution < 1.29 is 9.66 Å². The zero-order valence-corrected chi connectivity index (χ0v) is 14.2. The lowest BCUT2D eigenvalue weighted by atomic mass is 9.88. The van der Waals surface area contributed by atoms with Crippen LogP contribution < -0.4 is 5.73 Å². The minimum absolute atomic E-state index is 0.0372. The number of thiol groups is 1. The molecule has 1 aliphatic rings. The number of rotatable bonds is 2. The zero-order valence-electron chi connectivity index (χ0n) is 11.7. The van der Waals surface area contributed by atoms with E-state index in [4.69, 9.17) is 10.5 Å². The lowest BCUT2D eigenvalue weighted by Gasteiger charge is -2.37. The second kappa shape index (κ2) is 6.43. The standard InChI is InChI=1S/C9H9BrN2O3.C4H10S/c10-6-1-2-7(8(3-6)12(13)14)9(11)4-15-5-9;1-4(2,3)5/h1-3H,4-5,11H2;5H,1-3H3. The van der Waals surface area contributed by atoms with Crippen LogP contribution in [-0.2, 0) is 10.3 Å². The first-order chi connectivity index (χ1) is 9.03. The van der Waals surface area contributed by atoms with Crippen molar-refractivity contribution in [1.82, 2.24) is 0 Å². The van der Waals surface area contributed by atoms with Crippen LogP contribution in [0.1, 0.15) is 26.3 Å². The molecule has 1 saturated heterocycles. The highest BCUT2D eigenvalue weighted by Crippen LogP contribution is 2.35. The summed E-state index contributed by atoms with van der Waals surface area (Å²) in [6, 6.07) is 4.88. The number of nitro benzene ring substituents is 1. The Balaban J connectivity index is 0.000000347. The van der Waals surface area contributed by atoms with E-state index < -0.39 is 10.5 Å². The molecule has 5 nitrogen and oxygen atoms in total. The molecule has 0 aliphatic carbocycles. The first-order valence-electron chi connectivity index (χ1n) is 6.06. The molecular formula is C13H19BrN2O3S. The second-order valence-corrected chi connectivity index (χ2v) is 8.00. The van der Waals surface area contributed by atoms with Gasteiger partial charge in [-0.2, -0.15) is 12.6 Å². The number of nitro groups is 1. The van der Waals surface area contributed by atoms with Crippen LogP contribution in [-0.4, -0.2) is 22.9 Å². The topological polar surface area (TPSA) is 78.4 Å². The molecule has 0 radical (unpaired) electrons. The van der Waals surface area contributed by atoms with Gasteiger partial charge < -0.3 is 10.5 Å². The molecule has 1 fully saturated rings. The summed E-state index contributed by atoms with van der Waals surface area (Å²) in [5.74, 6) is 0. The van der Waals surface area contributed by atoms with Crippen LogP contribution in [0.5, 0.6) is 0 Å². The fraction of sp³-hybridized carbons (Fsp3) is 0.538. The third-order valence-corrected chi connectivity index (χ3v) is 2.91. The van der Waals surface area contributed by atoms with Gasteiger partial charge in [-0.3, -0.25) is 10.1 Å². The molecule has 1 aliphatic heterocycles. The van der Waals surface area contributed by atoms with Gasteiger partial charge in [0.1, 0.15) is 0 Å². The minimum atomic E-state index is -0.705. The maximum Gasteiger partial charge on any atom is 0.275 e. The Bertz CT molecular complexity index is 493. The van der Waals surface area contributed by atoms with Crippen LogP contribution in [0.3, 0.4) is 0 Å². The average molecular weight is 363 g/mol. The molecular weight excluding hydrogens is 344 g/mol. The third kappa shape index (κ3) is 5.05. The largest absolute Gasteiger partial charge is 0.377 e. The third-order valence-electron chi connectivity index (χ3n) is 2.41. The van der Waals surface area contributed by atoms with Crippen LogP contribution >= 0.6 is 28.6 Å². The number of hydrogen-bond acceptors (Lipinski definition) is 5. The predicted octanol–water partition coefficient (Wildman–Crippen LogP) is 3.26. The summed E-state index contributed by atoms with van der Waals surface area (Å²) in [6.07, 6.45) is 0. The van der Waals surface area contributed by atoms with Crippen LogP contribution in [0.15, 0.2) is 22.7 Å². The molecule has 1 heterocycles. The van der Waals surface area contributed by atoms with Crippen molar-refractivity contribution >= 4 is 34.2 Å². The van der Waals surface area contributed by atoms with Gasteiger partial charge in [0, 0.05) is 15.3 Å². The van der Waals surface area contributed by atoms with Gasteiger partial charge in [-0.25, -0.2) is 0 Å². The van der Waals surface area contributed by atoms with Gasteiger partial charge in [-0.1, -0.05) is 36.7 Å². The minimum Gasteiger partial charge on any atom is -0.377 e. The van der Waals surface area contributed by atoms with E-state index >= 15 is 0 Å². The number of benzene rings is 1. The van der Waals surface area contributed by atoms with E-state index in [9.17, 15) is 10.1 Å². The van der Waals surface area contributed by atoms with Crippen molar-refractivity contribution in [2.24, 2.45) is 5.73 Å². The first kappa shape index (κ1) is 17.4. The highest BCUT2D eigenvalue weighted by molar-refractivity contribution is 9.10. The van der Waals surface area contributed by atoms with Gasteiger partial charge in [0.15, 0.2) is 0 Å². The Hall–Kier alpha value is -0.630. The quantitative estimate of drug-likeness (QED) is 0.480. The van der Waals surface area contributed by atoms with Gasteiger partial charge in [-0.05, 0) is 12.1 Å². The van der Waals surface area contributed by atoms with E-state index in [1.54, 1.807) is 12.1 Å². The molecule has 0 amide bonds. The van der Waals surface area contributed by atoms with E-state index in [-0.39, 0.29) is 10.4 Å². The lowest BCUT2D eigenvalue weighted by Crippen LogP contribution is -2.54. The second-order valence-electron chi connectivity index (χ2n) is 5.74. The van der Waals surface area contributed by atoms with E-state index in [1.165, 1.54) is 6.07 Å². The number of hydrogen-bond donors (Lipinski definition) is 2. The normalized spacial score (nSPS) is 16.7. The number of halogens is 1. The van der Waals surface area contributed by atoms with Crippen molar-refractivity contribution in [3.8, 4) is 0 Å². The maximum absolute atomic E-state index is 10.8. The lowest BCUT2D eigenvalue weighted by molar-refractivity contribution is -0.386. The summed E-state index contributed by atoms with van der Waals surface area (Å²) in [5.41, 5.74) is 5.83. The summed E-state index contributed by atoms with van der Waals surface area (Å²) in [7, 11) is 0. The van der Waals surface area contributed by atoms with Crippen LogP contribution in [0.2, 0.25) is 0 Å². The summed E-state index contributed by atoms with van der Waals surface area (Å²) in [5, 5.41) is 10.8. The van der Waals surface area contributed by atoms with Crippen molar-refractivity contribution in [3.63, 3.8) is 0 Å². The van der Waals surface area contributed by atoms with Gasteiger partial charge in [-0.15, -0.1) is 0 Å². The summed E-state index contributed by atoms with van der Waals surface area (Å²) in [4.78, 5) is 10.4. The molecule has 20 heavy (non-hydrogen) atoms. The molecule has 0 spiro atoms. The van der Waals surface area contributed by atoms with Gasteiger partial charge in [0.25, 0.3) is 5.69 Å². The Morgan fingerprint density at radius 1 is 1.45 bits per heavy atom. The number of nitrogens with zero attached hydrogens (tertiary/aromatic N) is 1. The molecule has 7 heteroatoms. The molecule has 0 bridgehead atoms.